The van der Waals surface area contributed by atoms with Gasteiger partial charge < -0.3 is 9.30 Å². The van der Waals surface area contributed by atoms with E-state index < -0.39 is 0 Å². The van der Waals surface area contributed by atoms with Gasteiger partial charge in [-0.2, -0.15) is 5.10 Å². The molecule has 5 nitrogen and oxygen atoms in total. The minimum Gasteiger partial charge on any atom is -0.484 e. The largest absolute Gasteiger partial charge is 0.484 e. The fraction of sp³-hybridized carbons (Fsp3) is 0.143. The average Bonchev–Trinajstić information content (AvgIpc) is 2.96. The molecule has 0 aliphatic carbocycles. The van der Waals surface area contributed by atoms with E-state index in [4.69, 9.17) is 16.3 Å². The zero-order chi connectivity index (χ0) is 20.1. The Bertz CT molecular complexity index is 996. The highest BCUT2D eigenvalue weighted by Gasteiger charge is 2.09. The number of hydrazone groups is 1. The van der Waals surface area contributed by atoms with E-state index in [2.05, 4.69) is 31.0 Å². The van der Waals surface area contributed by atoms with Gasteiger partial charge in [-0.05, 0) is 68.4 Å². The molecule has 1 N–H and O–H groups in total. The van der Waals surface area contributed by atoms with Gasteiger partial charge in [-0.1, -0.05) is 27.5 Å². The predicted octanol–water partition coefficient (Wildman–Crippen LogP) is 5.04. The first-order valence-electron chi connectivity index (χ1n) is 8.59. The van der Waals surface area contributed by atoms with E-state index in [0.29, 0.717) is 10.8 Å². The van der Waals surface area contributed by atoms with Gasteiger partial charge in [0.25, 0.3) is 5.91 Å². The van der Waals surface area contributed by atoms with Crippen LogP contribution in [0, 0.1) is 13.8 Å². The van der Waals surface area contributed by atoms with Crippen LogP contribution in [0.2, 0.25) is 5.02 Å². The summed E-state index contributed by atoms with van der Waals surface area (Å²) in [7, 11) is 0. The van der Waals surface area contributed by atoms with Gasteiger partial charge in [0, 0.05) is 32.1 Å². The third-order valence-electron chi connectivity index (χ3n) is 4.13. The number of hydrogen-bond donors (Lipinski definition) is 1. The Morgan fingerprint density at radius 3 is 2.54 bits per heavy atom. The van der Waals surface area contributed by atoms with Crippen molar-refractivity contribution in [2.24, 2.45) is 5.10 Å². The lowest BCUT2D eigenvalue weighted by atomic mass is 10.2. The number of rotatable bonds is 6. The van der Waals surface area contributed by atoms with Crippen LogP contribution in [0.15, 0.2) is 64.2 Å². The Morgan fingerprint density at radius 1 is 1.18 bits per heavy atom. The van der Waals surface area contributed by atoms with Gasteiger partial charge in [-0.3, -0.25) is 4.79 Å². The lowest BCUT2D eigenvalue weighted by Gasteiger charge is -2.09. The van der Waals surface area contributed by atoms with Crippen LogP contribution in [0.5, 0.6) is 5.75 Å². The molecule has 0 aliphatic rings. The van der Waals surface area contributed by atoms with Crippen molar-refractivity contribution in [1.29, 1.82) is 0 Å². The van der Waals surface area contributed by atoms with Crippen molar-refractivity contribution in [2.75, 3.05) is 6.61 Å². The maximum absolute atomic E-state index is 11.9. The minimum absolute atomic E-state index is 0.128. The Balaban J connectivity index is 1.61. The molecule has 0 unspecified atom stereocenters. The molecule has 0 saturated carbocycles. The molecule has 144 valence electrons. The number of amides is 1. The summed E-state index contributed by atoms with van der Waals surface area (Å²) in [6.07, 6.45) is 1.64. The molecule has 0 aliphatic heterocycles. The number of hydrogen-bond acceptors (Lipinski definition) is 3. The second kappa shape index (κ2) is 9.08. The van der Waals surface area contributed by atoms with E-state index in [9.17, 15) is 4.79 Å². The van der Waals surface area contributed by atoms with Crippen molar-refractivity contribution in [3.8, 4) is 11.4 Å². The number of aromatic nitrogens is 1. The number of ether oxygens (including phenoxy) is 1. The summed E-state index contributed by atoms with van der Waals surface area (Å²) >= 11 is 9.27. The molecule has 1 heterocycles. The second-order valence-corrected chi connectivity index (χ2v) is 7.53. The van der Waals surface area contributed by atoms with Crippen LogP contribution >= 0.6 is 27.5 Å². The van der Waals surface area contributed by atoms with Crippen LogP contribution in [-0.2, 0) is 4.79 Å². The summed E-state index contributed by atoms with van der Waals surface area (Å²) in [5.41, 5.74) is 6.60. The second-order valence-electron chi connectivity index (χ2n) is 6.17. The van der Waals surface area contributed by atoms with Crippen molar-refractivity contribution in [3.05, 3.63) is 81.0 Å². The SMILES string of the molecule is Cc1cc(/C=N/NC(=O)COc2ccc(Cl)cc2)c(C)n1-c1ccc(Br)cc1. The fourth-order valence-corrected chi connectivity index (χ4v) is 3.18. The Morgan fingerprint density at radius 2 is 1.86 bits per heavy atom. The van der Waals surface area contributed by atoms with E-state index in [1.54, 1.807) is 30.5 Å². The van der Waals surface area contributed by atoms with E-state index in [-0.39, 0.29) is 12.5 Å². The summed E-state index contributed by atoms with van der Waals surface area (Å²) in [6, 6.07) is 16.9. The van der Waals surface area contributed by atoms with Crippen LogP contribution < -0.4 is 10.2 Å². The van der Waals surface area contributed by atoms with E-state index in [1.165, 1.54) is 0 Å². The molecule has 7 heteroatoms. The quantitative estimate of drug-likeness (QED) is 0.414. The number of carbonyl (C=O) groups excluding carboxylic acids is 1. The summed E-state index contributed by atoms with van der Waals surface area (Å²) in [5, 5.41) is 4.66. The molecular formula is C21H19BrClN3O2. The first-order valence-corrected chi connectivity index (χ1v) is 9.76. The van der Waals surface area contributed by atoms with E-state index in [1.807, 2.05) is 44.2 Å². The maximum Gasteiger partial charge on any atom is 0.277 e. The van der Waals surface area contributed by atoms with Gasteiger partial charge >= 0.3 is 0 Å². The van der Waals surface area contributed by atoms with Gasteiger partial charge in [-0.25, -0.2) is 5.43 Å². The normalized spacial score (nSPS) is 11.0. The molecule has 1 aromatic heterocycles. The summed E-state index contributed by atoms with van der Waals surface area (Å²) in [5.74, 6) is 0.231. The van der Waals surface area contributed by atoms with Crippen LogP contribution in [-0.4, -0.2) is 23.3 Å². The topological polar surface area (TPSA) is 55.6 Å². The van der Waals surface area contributed by atoms with E-state index in [0.717, 1.165) is 27.1 Å². The van der Waals surface area contributed by atoms with Crippen molar-refractivity contribution < 1.29 is 9.53 Å². The van der Waals surface area contributed by atoms with Gasteiger partial charge in [0.2, 0.25) is 0 Å². The summed E-state index contributed by atoms with van der Waals surface area (Å²) in [4.78, 5) is 11.9. The number of carbonyl (C=O) groups is 1. The van der Waals surface area contributed by atoms with Crippen LogP contribution in [0.25, 0.3) is 5.69 Å². The molecular weight excluding hydrogens is 442 g/mol. The Hall–Kier alpha value is -2.57. The molecule has 3 rings (SSSR count). The first kappa shape index (κ1) is 20.2. The molecule has 0 bridgehead atoms. The zero-order valence-corrected chi connectivity index (χ0v) is 17.8. The molecule has 28 heavy (non-hydrogen) atoms. The van der Waals surface area contributed by atoms with Gasteiger partial charge in [0.05, 0.1) is 6.21 Å². The number of benzene rings is 2. The molecule has 1 amide bonds. The summed E-state index contributed by atoms with van der Waals surface area (Å²) in [6.45, 7) is 3.92. The average molecular weight is 461 g/mol. The lowest BCUT2D eigenvalue weighted by Crippen LogP contribution is -2.24. The highest BCUT2D eigenvalue weighted by molar-refractivity contribution is 9.10. The van der Waals surface area contributed by atoms with Crippen molar-refractivity contribution >= 4 is 39.7 Å². The van der Waals surface area contributed by atoms with Crippen molar-refractivity contribution in [1.82, 2.24) is 9.99 Å². The zero-order valence-electron chi connectivity index (χ0n) is 15.4. The van der Waals surface area contributed by atoms with Crippen LogP contribution in [0.3, 0.4) is 0 Å². The van der Waals surface area contributed by atoms with Crippen LogP contribution in [0.4, 0.5) is 0 Å². The molecule has 0 saturated heterocycles. The lowest BCUT2D eigenvalue weighted by molar-refractivity contribution is -0.123. The van der Waals surface area contributed by atoms with Gasteiger partial charge in [0.1, 0.15) is 5.75 Å². The highest BCUT2D eigenvalue weighted by atomic mass is 79.9. The molecule has 0 spiro atoms. The van der Waals surface area contributed by atoms with Crippen LogP contribution in [0.1, 0.15) is 17.0 Å². The molecule has 0 radical (unpaired) electrons. The monoisotopic (exact) mass is 459 g/mol. The Kier molecular flexibility index (Phi) is 6.54. The standard InChI is InChI=1S/C21H19BrClN3O2/c1-14-11-16(15(2)26(14)19-7-3-17(22)4-8-19)12-24-25-21(27)13-28-20-9-5-18(23)6-10-20/h3-12H,13H2,1-2H3,(H,25,27)/b24-12+. The molecule has 0 atom stereocenters. The van der Waals surface area contributed by atoms with Gasteiger partial charge in [-0.15, -0.1) is 0 Å². The first-order chi connectivity index (χ1) is 13.4. The number of aryl methyl sites for hydroxylation is 1. The molecule has 2 aromatic carbocycles. The maximum atomic E-state index is 11.9. The number of nitrogens with one attached hydrogen (secondary N) is 1. The number of nitrogens with zero attached hydrogens (tertiary/aromatic N) is 2. The third-order valence-corrected chi connectivity index (χ3v) is 4.91. The molecule has 0 fully saturated rings. The summed E-state index contributed by atoms with van der Waals surface area (Å²) < 4.78 is 8.56. The molecule has 3 aromatic rings. The smallest absolute Gasteiger partial charge is 0.277 e. The van der Waals surface area contributed by atoms with Crippen molar-refractivity contribution in [2.45, 2.75) is 13.8 Å². The predicted molar refractivity (Wildman–Crippen MR) is 116 cm³/mol. The van der Waals surface area contributed by atoms with E-state index >= 15 is 0 Å². The van der Waals surface area contributed by atoms with Crippen molar-refractivity contribution in [3.63, 3.8) is 0 Å². The van der Waals surface area contributed by atoms with Gasteiger partial charge in [0.15, 0.2) is 6.61 Å². The highest BCUT2D eigenvalue weighted by Crippen LogP contribution is 2.21. The minimum atomic E-state index is -0.340. The Labute approximate surface area is 177 Å². The third kappa shape index (κ3) is 5.03. The fourth-order valence-electron chi connectivity index (χ4n) is 2.79. The number of halogens is 2.